The molecule has 5 nitrogen and oxygen atoms in total. The number of thioether (sulfide) groups is 1. The number of imide groups is 1. The smallest absolute Gasteiger partial charge is 0.294 e. The third-order valence-electron chi connectivity index (χ3n) is 3.65. The van der Waals surface area contributed by atoms with Crippen LogP contribution in [0.1, 0.15) is 32.8 Å². The van der Waals surface area contributed by atoms with Crippen LogP contribution in [0.15, 0.2) is 21.5 Å². The topological polar surface area (TPSA) is 55.8 Å². The molecule has 7 heteroatoms. The minimum atomic E-state index is -0.382. The monoisotopic (exact) mass is 437 g/mol. The number of benzene rings is 1. The number of ether oxygens (including phenoxy) is 2. The predicted octanol–water partition coefficient (Wildman–Crippen LogP) is 4.69. The largest absolute Gasteiger partial charge is 0.490 e. The van der Waals surface area contributed by atoms with Crippen molar-refractivity contribution in [2.45, 2.75) is 33.3 Å². The highest BCUT2D eigenvalue weighted by Crippen LogP contribution is 2.40. The maximum atomic E-state index is 12.3. The van der Waals surface area contributed by atoms with Gasteiger partial charge in [0, 0.05) is 0 Å². The van der Waals surface area contributed by atoms with Gasteiger partial charge in [-0.1, -0.05) is 12.8 Å². The lowest BCUT2D eigenvalue weighted by molar-refractivity contribution is -0.122. The summed E-state index contributed by atoms with van der Waals surface area (Å²) in [5, 5.41) is -0.361. The van der Waals surface area contributed by atoms with Crippen molar-refractivity contribution in [3.63, 3.8) is 0 Å². The van der Waals surface area contributed by atoms with Crippen LogP contribution in [0.3, 0.4) is 0 Å². The molecule has 0 bridgehead atoms. The van der Waals surface area contributed by atoms with Crippen LogP contribution in [0.25, 0.3) is 6.08 Å². The quantitative estimate of drug-likeness (QED) is 0.457. The van der Waals surface area contributed by atoms with Gasteiger partial charge in [0.2, 0.25) is 0 Å². The normalized spacial score (nSPS) is 16.7. The van der Waals surface area contributed by atoms with E-state index < -0.39 is 0 Å². The van der Waals surface area contributed by atoms with Crippen molar-refractivity contribution in [2.24, 2.45) is 0 Å². The van der Waals surface area contributed by atoms with E-state index in [9.17, 15) is 9.59 Å². The molecule has 1 aliphatic rings. The zero-order chi connectivity index (χ0) is 19.3. The summed E-state index contributed by atoms with van der Waals surface area (Å²) >= 11 is 4.38. The van der Waals surface area contributed by atoms with Crippen LogP contribution < -0.4 is 9.47 Å². The van der Waals surface area contributed by atoms with Crippen LogP contribution in [0.4, 0.5) is 4.79 Å². The Labute approximate surface area is 166 Å². The highest BCUT2D eigenvalue weighted by atomic mass is 79.9. The number of carbonyl (C=O) groups excluding carboxylic acids is 2. The molecule has 1 fully saturated rings. The Hall–Kier alpha value is -1.91. The molecule has 0 radical (unpaired) electrons. The zero-order valence-corrected chi connectivity index (χ0v) is 17.3. The second-order valence-electron chi connectivity index (χ2n) is 5.57. The molecular weight excluding hydrogens is 418 g/mol. The maximum Gasteiger partial charge on any atom is 0.294 e. The zero-order valence-electron chi connectivity index (χ0n) is 14.9. The summed E-state index contributed by atoms with van der Waals surface area (Å²) in [6.45, 7) is 6.36. The number of amides is 2. The van der Waals surface area contributed by atoms with Crippen molar-refractivity contribution in [2.75, 3.05) is 13.2 Å². The molecule has 1 saturated heterocycles. The molecule has 2 amide bonds. The minimum Gasteiger partial charge on any atom is -0.490 e. The third-order valence-corrected chi connectivity index (χ3v) is 5.14. The second-order valence-corrected chi connectivity index (χ2v) is 7.42. The Morgan fingerprint density at radius 1 is 1.38 bits per heavy atom. The molecule has 1 aliphatic heterocycles. The van der Waals surface area contributed by atoms with Crippen LogP contribution in [0, 0.1) is 12.3 Å². The van der Waals surface area contributed by atoms with Crippen molar-refractivity contribution in [1.29, 1.82) is 0 Å². The summed E-state index contributed by atoms with van der Waals surface area (Å²) in [6, 6.07) is 3.62. The number of hydrogen-bond acceptors (Lipinski definition) is 5. The minimum absolute atomic E-state index is 0.0302. The van der Waals surface area contributed by atoms with E-state index in [1.807, 2.05) is 26.8 Å². The highest BCUT2D eigenvalue weighted by molar-refractivity contribution is 9.10. The van der Waals surface area contributed by atoms with Crippen molar-refractivity contribution in [3.05, 3.63) is 27.1 Å². The molecule has 1 aromatic carbocycles. The second kappa shape index (κ2) is 9.15. The Bertz CT molecular complexity index is 784. The van der Waals surface area contributed by atoms with E-state index in [0.717, 1.165) is 33.1 Å². The molecule has 0 N–H and O–H groups in total. The first-order chi connectivity index (χ1) is 12.4. The van der Waals surface area contributed by atoms with Gasteiger partial charge in [-0.2, -0.15) is 0 Å². The van der Waals surface area contributed by atoms with Gasteiger partial charge >= 0.3 is 0 Å². The van der Waals surface area contributed by atoms with Gasteiger partial charge in [0.25, 0.3) is 11.1 Å². The van der Waals surface area contributed by atoms with E-state index in [1.165, 1.54) is 0 Å². The van der Waals surface area contributed by atoms with E-state index in [4.69, 9.17) is 15.9 Å². The van der Waals surface area contributed by atoms with Crippen LogP contribution >= 0.6 is 27.7 Å². The van der Waals surface area contributed by atoms with Gasteiger partial charge in [-0.3, -0.25) is 14.5 Å². The van der Waals surface area contributed by atoms with Crippen LogP contribution in [0.2, 0.25) is 0 Å². The molecule has 0 aliphatic carbocycles. The van der Waals surface area contributed by atoms with Crippen LogP contribution in [-0.2, 0) is 4.79 Å². The van der Waals surface area contributed by atoms with E-state index in [-0.39, 0.29) is 23.8 Å². The first kappa shape index (κ1) is 20.4. The average molecular weight is 438 g/mol. The molecule has 1 atom stereocenters. The molecule has 1 aromatic rings. The van der Waals surface area contributed by atoms with Crippen molar-refractivity contribution >= 4 is 44.9 Å². The summed E-state index contributed by atoms with van der Waals surface area (Å²) in [4.78, 5) is 25.6. The van der Waals surface area contributed by atoms with Crippen molar-refractivity contribution in [1.82, 2.24) is 4.90 Å². The molecule has 1 unspecified atom stereocenters. The molecule has 26 heavy (non-hydrogen) atoms. The van der Waals surface area contributed by atoms with Gasteiger partial charge < -0.3 is 9.47 Å². The highest BCUT2D eigenvalue weighted by Gasteiger charge is 2.34. The lowest BCUT2D eigenvalue weighted by Gasteiger charge is -2.18. The Kier molecular flexibility index (Phi) is 7.18. The number of terminal acetylenes is 1. The number of halogens is 1. The first-order valence-electron chi connectivity index (χ1n) is 8.23. The lowest BCUT2D eigenvalue weighted by atomic mass is 10.1. The summed E-state index contributed by atoms with van der Waals surface area (Å²) in [6.07, 6.45) is 7.77. The van der Waals surface area contributed by atoms with Gasteiger partial charge in [-0.25, -0.2) is 0 Å². The van der Waals surface area contributed by atoms with Gasteiger partial charge in [0.1, 0.15) is 0 Å². The van der Waals surface area contributed by atoms with Gasteiger partial charge in [-0.05, 0) is 71.7 Å². The predicted molar refractivity (Wildman–Crippen MR) is 107 cm³/mol. The molecule has 2 rings (SSSR count). The number of rotatable bonds is 7. The Balaban J connectivity index is 2.37. The fourth-order valence-corrected chi connectivity index (χ4v) is 3.60. The van der Waals surface area contributed by atoms with E-state index >= 15 is 0 Å². The molecule has 1 heterocycles. The van der Waals surface area contributed by atoms with E-state index in [1.54, 1.807) is 12.1 Å². The summed E-state index contributed by atoms with van der Waals surface area (Å²) in [7, 11) is 0. The summed E-state index contributed by atoms with van der Waals surface area (Å²) in [5.74, 6) is 3.14. The summed E-state index contributed by atoms with van der Waals surface area (Å²) in [5.41, 5.74) is 0.725. The molecule has 138 valence electrons. The van der Waals surface area contributed by atoms with Gasteiger partial charge in [0.15, 0.2) is 11.5 Å². The number of carbonyl (C=O) groups is 2. The number of hydrogen-bond donors (Lipinski definition) is 0. The van der Waals surface area contributed by atoms with Gasteiger partial charge in [-0.15, -0.1) is 6.42 Å². The molecule has 0 saturated carbocycles. The molecular formula is C19H20BrNO4S. The van der Waals surface area contributed by atoms with E-state index in [0.29, 0.717) is 23.0 Å². The van der Waals surface area contributed by atoms with Crippen molar-refractivity contribution in [3.8, 4) is 23.8 Å². The number of nitrogens with zero attached hydrogens (tertiary/aromatic N) is 1. The summed E-state index contributed by atoms with van der Waals surface area (Å²) < 4.78 is 12.4. The van der Waals surface area contributed by atoms with Crippen LogP contribution in [0.5, 0.6) is 11.5 Å². The van der Waals surface area contributed by atoms with E-state index in [2.05, 4.69) is 21.9 Å². The van der Waals surface area contributed by atoms with Gasteiger partial charge in [0.05, 0.1) is 28.6 Å². The third kappa shape index (κ3) is 4.63. The molecule has 0 spiro atoms. The fourth-order valence-electron chi connectivity index (χ4n) is 2.21. The van der Waals surface area contributed by atoms with Crippen LogP contribution in [-0.4, -0.2) is 35.3 Å². The Morgan fingerprint density at radius 3 is 2.73 bits per heavy atom. The SMILES string of the molecule is C#CCN1C(=O)SC(=Cc2cc(Br)c(OC(C)CC)c(OCC)c2)C1=O. The standard InChI is InChI=1S/C19H20BrNO4S/c1-5-8-21-18(22)16(26-19(21)23)11-13-9-14(20)17(25-12(4)6-2)15(10-13)24-7-3/h1,9-12H,6-8H2,2-4H3. The maximum absolute atomic E-state index is 12.3. The molecule has 0 aromatic heterocycles. The lowest BCUT2D eigenvalue weighted by Crippen LogP contribution is -2.28. The first-order valence-corrected chi connectivity index (χ1v) is 9.84. The fraction of sp³-hybridized carbons (Fsp3) is 0.368. The van der Waals surface area contributed by atoms with Crippen molar-refractivity contribution < 1.29 is 19.1 Å². The Morgan fingerprint density at radius 2 is 2.12 bits per heavy atom. The average Bonchev–Trinajstić information content (AvgIpc) is 2.86.